The first-order valence-corrected chi connectivity index (χ1v) is 12.3. The molecule has 8 nitrogen and oxygen atoms in total. The third kappa shape index (κ3) is 6.65. The molecular formula is C24H28BrF3N4O4. The number of aromatic nitrogens is 2. The molecule has 2 heterocycles. The molecule has 0 saturated heterocycles. The van der Waals surface area contributed by atoms with Gasteiger partial charge in [0.05, 0.1) is 28.4 Å². The van der Waals surface area contributed by atoms with Crippen molar-refractivity contribution in [3.05, 3.63) is 52.0 Å². The Morgan fingerprint density at radius 1 is 1.19 bits per heavy atom. The minimum absolute atomic E-state index is 0.118. The van der Waals surface area contributed by atoms with Gasteiger partial charge >= 0.3 is 18.4 Å². The van der Waals surface area contributed by atoms with Crippen molar-refractivity contribution in [3.8, 4) is 0 Å². The maximum atomic E-state index is 13.5. The van der Waals surface area contributed by atoms with Gasteiger partial charge in [-0.1, -0.05) is 6.92 Å². The Morgan fingerprint density at radius 2 is 1.86 bits per heavy atom. The van der Waals surface area contributed by atoms with Crippen molar-refractivity contribution in [2.45, 2.75) is 70.8 Å². The first-order valence-electron chi connectivity index (χ1n) is 11.5. The van der Waals surface area contributed by atoms with Gasteiger partial charge in [-0.2, -0.15) is 13.2 Å². The molecule has 0 spiro atoms. The lowest BCUT2D eigenvalue weighted by Gasteiger charge is -2.40. The predicted octanol–water partition coefficient (Wildman–Crippen LogP) is 6.19. The van der Waals surface area contributed by atoms with Gasteiger partial charge in [-0.3, -0.25) is 4.90 Å². The fourth-order valence-corrected chi connectivity index (χ4v) is 4.33. The zero-order valence-electron chi connectivity index (χ0n) is 20.4. The van der Waals surface area contributed by atoms with Crippen LogP contribution in [-0.4, -0.2) is 40.4 Å². The molecule has 1 N–H and O–H groups in total. The fourth-order valence-electron chi connectivity index (χ4n) is 4.13. The minimum atomic E-state index is -4.59. The number of nitrogens with one attached hydrogen (secondary N) is 1. The molecule has 0 aliphatic carbocycles. The Labute approximate surface area is 215 Å². The van der Waals surface area contributed by atoms with Crippen LogP contribution in [0.4, 0.5) is 28.4 Å². The SMILES string of the molecule is CCOC(=O)N1c2ccc(C(F)(F)F)cc2[C@@H](NC(=O)OC(C)(C)Cc2ncc(Br)cn2)C[C@H]1CC. The summed E-state index contributed by atoms with van der Waals surface area (Å²) < 4.78 is 51.9. The lowest BCUT2D eigenvalue weighted by Crippen LogP contribution is -2.48. The molecule has 1 aromatic carbocycles. The lowest BCUT2D eigenvalue weighted by molar-refractivity contribution is -0.137. The highest BCUT2D eigenvalue weighted by Gasteiger charge is 2.40. The monoisotopic (exact) mass is 572 g/mol. The number of halogens is 4. The summed E-state index contributed by atoms with van der Waals surface area (Å²) in [4.78, 5) is 35.3. The number of fused-ring (bicyclic) bond motifs is 1. The van der Waals surface area contributed by atoms with Crippen LogP contribution in [0.1, 0.15) is 63.5 Å². The number of ether oxygens (including phenoxy) is 2. The van der Waals surface area contributed by atoms with Gasteiger partial charge in [0, 0.05) is 24.9 Å². The number of hydrogen-bond acceptors (Lipinski definition) is 6. The van der Waals surface area contributed by atoms with Crippen LogP contribution < -0.4 is 10.2 Å². The van der Waals surface area contributed by atoms with E-state index in [9.17, 15) is 22.8 Å². The Balaban J connectivity index is 1.87. The number of amides is 2. The van der Waals surface area contributed by atoms with Gasteiger partial charge < -0.3 is 14.8 Å². The van der Waals surface area contributed by atoms with Crippen LogP contribution in [-0.2, 0) is 22.1 Å². The van der Waals surface area contributed by atoms with E-state index in [1.807, 2.05) is 6.92 Å². The number of benzene rings is 1. The van der Waals surface area contributed by atoms with E-state index in [0.717, 1.165) is 12.1 Å². The summed E-state index contributed by atoms with van der Waals surface area (Å²) in [7, 11) is 0. The summed E-state index contributed by atoms with van der Waals surface area (Å²) in [5.74, 6) is 0.463. The van der Waals surface area contributed by atoms with Crippen molar-refractivity contribution < 1.29 is 32.2 Å². The van der Waals surface area contributed by atoms with E-state index in [-0.39, 0.29) is 30.7 Å². The second-order valence-electron chi connectivity index (χ2n) is 8.98. The number of alkyl halides is 3. The van der Waals surface area contributed by atoms with E-state index in [1.165, 1.54) is 11.0 Å². The van der Waals surface area contributed by atoms with Crippen molar-refractivity contribution in [2.24, 2.45) is 0 Å². The van der Waals surface area contributed by atoms with Crippen molar-refractivity contribution in [3.63, 3.8) is 0 Å². The highest BCUT2D eigenvalue weighted by molar-refractivity contribution is 9.10. The number of carbonyl (C=O) groups is 2. The summed E-state index contributed by atoms with van der Waals surface area (Å²) in [6.45, 7) is 6.99. The quantitative estimate of drug-likeness (QED) is 0.443. The smallest absolute Gasteiger partial charge is 0.416 e. The second-order valence-corrected chi connectivity index (χ2v) is 9.89. The normalized spacial score (nSPS) is 17.8. The molecule has 1 aliphatic heterocycles. The molecule has 0 unspecified atom stereocenters. The van der Waals surface area contributed by atoms with E-state index < -0.39 is 41.6 Å². The number of nitrogens with zero attached hydrogens (tertiary/aromatic N) is 3. The Hall–Kier alpha value is -2.89. The molecule has 3 rings (SSSR count). The van der Waals surface area contributed by atoms with Gasteiger partial charge in [0.15, 0.2) is 0 Å². The zero-order valence-corrected chi connectivity index (χ0v) is 21.9. The topological polar surface area (TPSA) is 93.7 Å². The predicted molar refractivity (Wildman–Crippen MR) is 130 cm³/mol. The fraction of sp³-hybridized carbons (Fsp3) is 0.500. The van der Waals surface area contributed by atoms with Gasteiger partial charge in [-0.25, -0.2) is 19.6 Å². The van der Waals surface area contributed by atoms with E-state index in [4.69, 9.17) is 9.47 Å². The summed E-state index contributed by atoms with van der Waals surface area (Å²) >= 11 is 3.26. The van der Waals surface area contributed by atoms with Gasteiger partial charge in [0.2, 0.25) is 0 Å². The molecule has 2 amide bonds. The Morgan fingerprint density at radius 3 is 2.44 bits per heavy atom. The van der Waals surface area contributed by atoms with Crippen molar-refractivity contribution in [1.29, 1.82) is 0 Å². The molecule has 0 fully saturated rings. The van der Waals surface area contributed by atoms with E-state index in [1.54, 1.807) is 33.2 Å². The zero-order chi connectivity index (χ0) is 26.7. The number of alkyl carbamates (subject to hydrolysis) is 1. The first-order chi connectivity index (χ1) is 16.8. The second kappa shape index (κ2) is 11.0. The summed E-state index contributed by atoms with van der Waals surface area (Å²) in [5, 5.41) is 2.70. The summed E-state index contributed by atoms with van der Waals surface area (Å²) in [5.41, 5.74) is -1.46. The van der Waals surface area contributed by atoms with Crippen LogP contribution in [0.3, 0.4) is 0 Å². The molecule has 0 saturated carbocycles. The highest BCUT2D eigenvalue weighted by atomic mass is 79.9. The molecule has 0 radical (unpaired) electrons. The largest absolute Gasteiger partial charge is 0.449 e. The molecule has 0 bridgehead atoms. The number of anilines is 1. The van der Waals surface area contributed by atoms with Crippen molar-refractivity contribution >= 4 is 33.8 Å². The molecular weight excluding hydrogens is 545 g/mol. The highest BCUT2D eigenvalue weighted by Crippen LogP contribution is 2.42. The van der Waals surface area contributed by atoms with Crippen LogP contribution in [0.5, 0.6) is 0 Å². The van der Waals surface area contributed by atoms with Crippen LogP contribution in [0.15, 0.2) is 35.1 Å². The molecule has 12 heteroatoms. The van der Waals surface area contributed by atoms with Gasteiger partial charge in [-0.05, 0) is 73.3 Å². The van der Waals surface area contributed by atoms with E-state index >= 15 is 0 Å². The lowest BCUT2D eigenvalue weighted by atomic mass is 9.89. The molecule has 2 atom stereocenters. The van der Waals surface area contributed by atoms with Crippen LogP contribution in [0, 0.1) is 0 Å². The Kier molecular flexibility index (Phi) is 8.48. The number of rotatable bonds is 6. The van der Waals surface area contributed by atoms with Crippen molar-refractivity contribution in [1.82, 2.24) is 15.3 Å². The first kappa shape index (κ1) is 27.7. The van der Waals surface area contributed by atoms with Gasteiger partial charge in [0.1, 0.15) is 11.4 Å². The number of hydrogen-bond donors (Lipinski definition) is 1. The van der Waals surface area contributed by atoms with Crippen LogP contribution >= 0.6 is 15.9 Å². The van der Waals surface area contributed by atoms with Gasteiger partial charge in [-0.15, -0.1) is 0 Å². The minimum Gasteiger partial charge on any atom is -0.449 e. The standard InChI is InChI=1S/C24H28BrF3N4O4/c1-5-16-10-18(31-21(33)36-23(3,4)11-20-29-12-15(25)13-30-20)17-9-14(24(26,27)28)7-8-19(17)32(16)22(34)35-6-2/h7-9,12-13,16,18H,5-6,10-11H2,1-4H3,(H,31,33)/t16-,18+/m1/s1. The van der Waals surface area contributed by atoms with E-state index in [2.05, 4.69) is 31.2 Å². The third-order valence-electron chi connectivity index (χ3n) is 5.72. The summed E-state index contributed by atoms with van der Waals surface area (Å²) in [6, 6.07) is 1.90. The van der Waals surface area contributed by atoms with Crippen molar-refractivity contribution in [2.75, 3.05) is 11.5 Å². The maximum absolute atomic E-state index is 13.5. The number of carbonyl (C=O) groups excluding carboxylic acids is 2. The maximum Gasteiger partial charge on any atom is 0.416 e. The summed E-state index contributed by atoms with van der Waals surface area (Å²) in [6.07, 6.45) is -1.98. The molecule has 36 heavy (non-hydrogen) atoms. The van der Waals surface area contributed by atoms with Crippen LogP contribution in [0.25, 0.3) is 0 Å². The average molecular weight is 573 g/mol. The average Bonchev–Trinajstić information content (AvgIpc) is 2.78. The van der Waals surface area contributed by atoms with E-state index in [0.29, 0.717) is 16.7 Å². The van der Waals surface area contributed by atoms with Gasteiger partial charge in [0.25, 0.3) is 0 Å². The molecule has 196 valence electrons. The molecule has 2 aromatic rings. The third-order valence-corrected chi connectivity index (χ3v) is 6.13. The Bertz CT molecular complexity index is 1100. The molecule has 1 aliphatic rings. The molecule has 1 aromatic heterocycles. The van der Waals surface area contributed by atoms with Crippen LogP contribution in [0.2, 0.25) is 0 Å².